The van der Waals surface area contributed by atoms with Crippen LogP contribution in [0.2, 0.25) is 0 Å². The maximum atomic E-state index is 12.2. The lowest BCUT2D eigenvalue weighted by Crippen LogP contribution is -2.33. The van der Waals surface area contributed by atoms with Crippen LogP contribution in [0.25, 0.3) is 0 Å². The molecular weight excluding hydrogens is 260 g/mol. The van der Waals surface area contributed by atoms with E-state index in [0.29, 0.717) is 26.1 Å². The van der Waals surface area contributed by atoms with Gasteiger partial charge in [-0.3, -0.25) is 14.5 Å². The normalized spacial score (nSPS) is 16.8. The van der Waals surface area contributed by atoms with Crippen LogP contribution in [0.15, 0.2) is 29.2 Å². The number of Topliss-reactive ketones (excluding diaryl/α,β-unsaturated/α-hetero) is 1. The number of carbonyl (C=O) groups excluding carboxylic acids is 2. The largest absolute Gasteiger partial charge is 0.355 e. The topological polar surface area (TPSA) is 49.4 Å². The Labute approximate surface area is 117 Å². The van der Waals surface area contributed by atoms with Gasteiger partial charge in [0.25, 0.3) is 0 Å². The molecule has 1 saturated heterocycles. The van der Waals surface area contributed by atoms with Gasteiger partial charge in [0.05, 0.1) is 6.54 Å². The third kappa shape index (κ3) is 4.08. The van der Waals surface area contributed by atoms with Crippen LogP contribution in [0, 0.1) is 0 Å². The molecular formula is C14H18N2O2S. The fourth-order valence-electron chi connectivity index (χ4n) is 2.04. The molecule has 1 amide bonds. The van der Waals surface area contributed by atoms with Gasteiger partial charge < -0.3 is 5.32 Å². The van der Waals surface area contributed by atoms with Crippen molar-refractivity contribution >= 4 is 23.5 Å². The van der Waals surface area contributed by atoms with Crippen LogP contribution >= 0.6 is 11.8 Å². The number of benzene rings is 1. The Morgan fingerprint density at radius 2 is 2.05 bits per heavy atom. The van der Waals surface area contributed by atoms with Crippen LogP contribution in [-0.4, -0.2) is 49.0 Å². The van der Waals surface area contributed by atoms with Gasteiger partial charge in [0.1, 0.15) is 0 Å². The van der Waals surface area contributed by atoms with Crippen LogP contribution in [0.4, 0.5) is 0 Å². The summed E-state index contributed by atoms with van der Waals surface area (Å²) in [5.74, 6) is 0.182. The highest BCUT2D eigenvalue weighted by atomic mass is 32.2. The molecule has 0 bridgehead atoms. The van der Waals surface area contributed by atoms with Crippen molar-refractivity contribution in [2.75, 3.05) is 32.4 Å². The Hall–Kier alpha value is -1.33. The molecule has 102 valence electrons. The zero-order chi connectivity index (χ0) is 13.7. The van der Waals surface area contributed by atoms with Gasteiger partial charge in [-0.25, -0.2) is 0 Å². The first-order valence-corrected chi connectivity index (χ1v) is 7.58. The maximum absolute atomic E-state index is 12.2. The minimum atomic E-state index is 0.0688. The van der Waals surface area contributed by atoms with E-state index in [1.807, 2.05) is 35.4 Å². The molecule has 0 spiro atoms. The van der Waals surface area contributed by atoms with Gasteiger partial charge >= 0.3 is 0 Å². The Morgan fingerprint density at radius 3 is 2.74 bits per heavy atom. The van der Waals surface area contributed by atoms with Crippen molar-refractivity contribution in [2.45, 2.75) is 11.3 Å². The Balaban J connectivity index is 1.94. The van der Waals surface area contributed by atoms with Crippen LogP contribution in [0.1, 0.15) is 16.8 Å². The Bertz CT molecular complexity index is 459. The lowest BCUT2D eigenvalue weighted by molar-refractivity contribution is -0.120. The predicted octanol–water partition coefficient (Wildman–Crippen LogP) is 1.41. The highest BCUT2D eigenvalue weighted by Gasteiger charge is 2.16. The average molecular weight is 278 g/mol. The summed E-state index contributed by atoms with van der Waals surface area (Å²) in [7, 11) is 0. The van der Waals surface area contributed by atoms with Gasteiger partial charge in [0.15, 0.2) is 5.78 Å². The summed E-state index contributed by atoms with van der Waals surface area (Å²) in [6.07, 6.45) is 2.48. The lowest BCUT2D eigenvalue weighted by atomic mass is 10.1. The lowest BCUT2D eigenvalue weighted by Gasteiger charge is -2.17. The van der Waals surface area contributed by atoms with E-state index in [9.17, 15) is 9.59 Å². The molecule has 0 radical (unpaired) electrons. The second kappa shape index (κ2) is 6.73. The second-order valence-corrected chi connectivity index (χ2v) is 5.41. The summed E-state index contributed by atoms with van der Waals surface area (Å²) >= 11 is 1.66. The molecule has 1 heterocycles. The van der Waals surface area contributed by atoms with E-state index in [1.54, 1.807) is 11.8 Å². The summed E-state index contributed by atoms with van der Waals surface area (Å²) in [5, 5.41) is 2.81. The number of hydrogen-bond donors (Lipinski definition) is 1. The maximum Gasteiger partial charge on any atom is 0.221 e. The summed E-state index contributed by atoms with van der Waals surface area (Å²) < 4.78 is 0. The summed E-state index contributed by atoms with van der Waals surface area (Å²) in [6, 6.07) is 7.67. The van der Waals surface area contributed by atoms with Gasteiger partial charge in [-0.05, 0) is 18.4 Å². The molecule has 1 N–H and O–H groups in total. The van der Waals surface area contributed by atoms with Gasteiger partial charge in [-0.15, -0.1) is 11.8 Å². The zero-order valence-electron chi connectivity index (χ0n) is 11.0. The van der Waals surface area contributed by atoms with E-state index in [0.717, 1.165) is 17.0 Å². The zero-order valence-corrected chi connectivity index (χ0v) is 11.8. The van der Waals surface area contributed by atoms with Crippen molar-refractivity contribution in [3.63, 3.8) is 0 Å². The molecule has 1 fully saturated rings. The first-order chi connectivity index (χ1) is 9.19. The standard InChI is InChI=1S/C14H18N2O2S/c1-19-12-4-2-11(3-5-12)13(17)10-16-8-6-14(18)15-7-9-16/h2-5H,6-10H2,1H3,(H,15,18). The van der Waals surface area contributed by atoms with Crippen LogP contribution < -0.4 is 5.32 Å². The molecule has 1 aromatic rings. The SMILES string of the molecule is CSc1ccc(C(=O)CN2CCNC(=O)CC2)cc1. The Morgan fingerprint density at radius 1 is 1.32 bits per heavy atom. The molecule has 0 aromatic heterocycles. The summed E-state index contributed by atoms with van der Waals surface area (Å²) in [5.41, 5.74) is 0.737. The third-order valence-electron chi connectivity index (χ3n) is 3.18. The van der Waals surface area contributed by atoms with E-state index in [-0.39, 0.29) is 11.7 Å². The monoisotopic (exact) mass is 278 g/mol. The first kappa shape index (κ1) is 14.1. The predicted molar refractivity (Wildman–Crippen MR) is 76.6 cm³/mol. The van der Waals surface area contributed by atoms with Crippen molar-refractivity contribution in [1.29, 1.82) is 0 Å². The molecule has 1 aliphatic rings. The van der Waals surface area contributed by atoms with Gasteiger partial charge in [0.2, 0.25) is 5.91 Å². The van der Waals surface area contributed by atoms with Crippen molar-refractivity contribution in [2.24, 2.45) is 0 Å². The van der Waals surface area contributed by atoms with E-state index in [2.05, 4.69) is 5.32 Å². The van der Waals surface area contributed by atoms with E-state index >= 15 is 0 Å². The number of amides is 1. The van der Waals surface area contributed by atoms with E-state index in [1.165, 1.54) is 0 Å². The molecule has 1 aliphatic heterocycles. The molecule has 0 aliphatic carbocycles. The molecule has 0 atom stereocenters. The van der Waals surface area contributed by atoms with Crippen molar-refractivity contribution in [1.82, 2.24) is 10.2 Å². The van der Waals surface area contributed by atoms with E-state index in [4.69, 9.17) is 0 Å². The fourth-order valence-corrected chi connectivity index (χ4v) is 2.45. The number of rotatable bonds is 4. The van der Waals surface area contributed by atoms with Crippen molar-refractivity contribution < 1.29 is 9.59 Å². The number of nitrogens with one attached hydrogen (secondary N) is 1. The minimum Gasteiger partial charge on any atom is -0.355 e. The van der Waals surface area contributed by atoms with Crippen LogP contribution in [0.3, 0.4) is 0 Å². The number of ketones is 1. The van der Waals surface area contributed by atoms with Gasteiger partial charge in [-0.1, -0.05) is 12.1 Å². The van der Waals surface area contributed by atoms with Gasteiger partial charge in [-0.2, -0.15) is 0 Å². The number of carbonyl (C=O) groups is 2. The minimum absolute atomic E-state index is 0.0688. The smallest absolute Gasteiger partial charge is 0.221 e. The van der Waals surface area contributed by atoms with Crippen LogP contribution in [-0.2, 0) is 4.79 Å². The highest BCUT2D eigenvalue weighted by Crippen LogP contribution is 2.15. The molecule has 0 saturated carbocycles. The molecule has 2 rings (SSSR count). The molecule has 1 aromatic carbocycles. The van der Waals surface area contributed by atoms with Crippen molar-refractivity contribution in [3.8, 4) is 0 Å². The first-order valence-electron chi connectivity index (χ1n) is 6.35. The number of hydrogen-bond acceptors (Lipinski definition) is 4. The third-order valence-corrected chi connectivity index (χ3v) is 3.93. The number of nitrogens with zero attached hydrogens (tertiary/aromatic N) is 1. The number of thioether (sulfide) groups is 1. The molecule has 0 unspecified atom stereocenters. The molecule has 5 heteroatoms. The van der Waals surface area contributed by atoms with Crippen molar-refractivity contribution in [3.05, 3.63) is 29.8 Å². The second-order valence-electron chi connectivity index (χ2n) is 4.53. The fraction of sp³-hybridized carbons (Fsp3) is 0.429. The average Bonchev–Trinajstić information content (AvgIpc) is 2.64. The van der Waals surface area contributed by atoms with Gasteiger partial charge in [0, 0.05) is 36.5 Å². The van der Waals surface area contributed by atoms with E-state index < -0.39 is 0 Å². The molecule has 19 heavy (non-hydrogen) atoms. The summed E-state index contributed by atoms with van der Waals surface area (Å²) in [4.78, 5) is 26.6. The Kier molecular flexibility index (Phi) is 4.99. The molecule has 4 nitrogen and oxygen atoms in total. The highest BCUT2D eigenvalue weighted by molar-refractivity contribution is 7.98. The summed E-state index contributed by atoms with van der Waals surface area (Å²) in [6.45, 7) is 2.39. The quantitative estimate of drug-likeness (QED) is 0.668. The van der Waals surface area contributed by atoms with Crippen LogP contribution in [0.5, 0.6) is 0 Å².